The standard InChI is InChI=1S/C70H74B2N2O/c1-41(2)47-35-53(43(5)6)67(54(36-47)44(7)8)71-59-23-15-19-27-63(59)73(64-28-20-16-24-60(64)71)49-31-33-51-57(39-49)70(13,14)58-40-50(32-34-52(58)69(51)75)74-65-29-21-17-25-61(65)72(62-26-18-22-30-66(62)74)68-55(45(9)10)37-48(42(3)4)38-56(68)46(11)12/h15-46H,1-14H3. The van der Waals surface area contributed by atoms with Crippen molar-refractivity contribution in [1.82, 2.24) is 0 Å². The molecule has 2 heterocycles. The third-order valence-corrected chi connectivity index (χ3v) is 17.2. The minimum absolute atomic E-state index is 0.0610. The maximum absolute atomic E-state index is 15.0. The van der Waals surface area contributed by atoms with Gasteiger partial charge in [-0.3, -0.25) is 4.79 Å². The Kier molecular flexibility index (Phi) is 12.8. The molecule has 3 aliphatic rings. The molecule has 0 amide bonds. The summed E-state index contributed by atoms with van der Waals surface area (Å²) in [6, 6.07) is 59.4. The Balaban J connectivity index is 1.04. The molecule has 11 rings (SSSR count). The van der Waals surface area contributed by atoms with Gasteiger partial charge in [-0.15, -0.1) is 0 Å². The first-order valence-electron chi connectivity index (χ1n) is 28.0. The first kappa shape index (κ1) is 50.3. The van der Waals surface area contributed by atoms with Crippen molar-refractivity contribution in [2.24, 2.45) is 0 Å². The Morgan fingerprint density at radius 2 is 0.640 bits per heavy atom. The normalized spacial score (nSPS) is 14.5. The zero-order chi connectivity index (χ0) is 52.9. The van der Waals surface area contributed by atoms with Crippen molar-refractivity contribution in [3.63, 3.8) is 0 Å². The smallest absolute Gasteiger partial charge is 0.247 e. The van der Waals surface area contributed by atoms with E-state index in [1.807, 2.05) is 0 Å². The van der Waals surface area contributed by atoms with E-state index in [0.29, 0.717) is 35.5 Å². The minimum atomic E-state index is -0.508. The van der Waals surface area contributed by atoms with E-state index in [4.69, 9.17) is 0 Å². The maximum Gasteiger partial charge on any atom is 0.247 e. The van der Waals surface area contributed by atoms with Crippen LogP contribution in [0.5, 0.6) is 0 Å². The van der Waals surface area contributed by atoms with Crippen LogP contribution in [0.2, 0.25) is 0 Å². The summed E-state index contributed by atoms with van der Waals surface area (Å²) in [4.78, 5) is 19.9. The summed E-state index contributed by atoms with van der Waals surface area (Å²) < 4.78 is 0. The van der Waals surface area contributed by atoms with Gasteiger partial charge in [0.2, 0.25) is 13.4 Å². The number of carbonyl (C=O) groups excluding carboxylic acids is 1. The molecule has 8 aromatic rings. The van der Waals surface area contributed by atoms with Gasteiger partial charge in [0.1, 0.15) is 0 Å². The average Bonchev–Trinajstić information content (AvgIpc) is 3.42. The largest absolute Gasteiger partial charge is 0.312 e. The fourth-order valence-corrected chi connectivity index (χ4v) is 13.3. The molecule has 0 N–H and O–H groups in total. The second-order valence-electron chi connectivity index (χ2n) is 24.3. The second-order valence-corrected chi connectivity index (χ2v) is 24.3. The molecular weight excluding hydrogens is 906 g/mol. The van der Waals surface area contributed by atoms with Gasteiger partial charge in [-0.2, -0.15) is 0 Å². The van der Waals surface area contributed by atoms with Crippen LogP contribution in [0.4, 0.5) is 34.1 Å². The van der Waals surface area contributed by atoms with Gasteiger partial charge < -0.3 is 9.80 Å². The molecule has 0 aromatic heterocycles. The van der Waals surface area contributed by atoms with Gasteiger partial charge in [0.15, 0.2) is 5.78 Å². The summed E-state index contributed by atoms with van der Waals surface area (Å²) in [6.45, 7) is 32.9. The van der Waals surface area contributed by atoms with Crippen LogP contribution in [0.15, 0.2) is 158 Å². The van der Waals surface area contributed by atoms with Crippen molar-refractivity contribution >= 4 is 86.1 Å². The molecule has 1 aliphatic carbocycles. The Labute approximate surface area is 449 Å². The van der Waals surface area contributed by atoms with Gasteiger partial charge in [0, 0.05) is 50.7 Å². The highest BCUT2D eigenvalue weighted by Crippen LogP contribution is 2.48. The number of fused-ring (bicyclic) bond motifs is 6. The number of rotatable bonds is 10. The number of para-hydroxylation sites is 4. The summed E-state index contributed by atoms with van der Waals surface area (Å²) >= 11 is 0. The van der Waals surface area contributed by atoms with Crippen molar-refractivity contribution in [1.29, 1.82) is 0 Å². The van der Waals surface area contributed by atoms with Crippen molar-refractivity contribution in [2.75, 3.05) is 9.80 Å². The van der Waals surface area contributed by atoms with E-state index in [2.05, 4.69) is 264 Å². The van der Waals surface area contributed by atoms with Crippen molar-refractivity contribution in [2.45, 2.75) is 138 Å². The van der Waals surface area contributed by atoms with Crippen LogP contribution >= 0.6 is 0 Å². The molecule has 2 aliphatic heterocycles. The maximum atomic E-state index is 15.0. The molecule has 3 nitrogen and oxygen atoms in total. The zero-order valence-electron chi connectivity index (χ0n) is 46.9. The van der Waals surface area contributed by atoms with E-state index >= 15 is 4.79 Å². The lowest BCUT2D eigenvalue weighted by molar-refractivity contribution is 0.103. The number of nitrogens with zero attached hydrogens (tertiary/aromatic N) is 2. The van der Waals surface area contributed by atoms with Crippen LogP contribution < -0.4 is 42.6 Å². The van der Waals surface area contributed by atoms with Crippen LogP contribution in [-0.4, -0.2) is 19.2 Å². The molecular formula is C70H74B2N2O. The van der Waals surface area contributed by atoms with E-state index in [1.165, 1.54) is 88.9 Å². The lowest BCUT2D eigenvalue weighted by Gasteiger charge is -2.41. The number of hydrogen-bond acceptors (Lipinski definition) is 3. The lowest BCUT2D eigenvalue weighted by atomic mass is 9.33. The van der Waals surface area contributed by atoms with Crippen molar-refractivity contribution in [3.05, 3.63) is 213 Å². The molecule has 5 heteroatoms. The first-order valence-corrected chi connectivity index (χ1v) is 28.0. The summed E-state index contributed by atoms with van der Waals surface area (Å²) in [6.07, 6.45) is 0. The predicted octanol–water partition coefficient (Wildman–Crippen LogP) is 14.9. The van der Waals surface area contributed by atoms with E-state index in [9.17, 15) is 0 Å². The first-order chi connectivity index (χ1) is 35.9. The minimum Gasteiger partial charge on any atom is -0.312 e. The van der Waals surface area contributed by atoms with Crippen LogP contribution in [0.3, 0.4) is 0 Å². The summed E-state index contributed by atoms with van der Waals surface area (Å²) in [5.74, 6) is 2.39. The monoisotopic (exact) mass is 981 g/mol. The molecule has 75 heavy (non-hydrogen) atoms. The van der Waals surface area contributed by atoms with Crippen LogP contribution in [0.1, 0.15) is 193 Å². The van der Waals surface area contributed by atoms with Crippen LogP contribution in [-0.2, 0) is 5.41 Å². The summed E-state index contributed by atoms with van der Waals surface area (Å²) in [5.41, 5.74) is 26.7. The molecule has 0 unspecified atom stereocenters. The molecule has 0 bridgehead atoms. The highest BCUT2D eigenvalue weighted by molar-refractivity contribution is 6.99. The van der Waals surface area contributed by atoms with Crippen LogP contribution in [0, 0.1) is 0 Å². The molecule has 0 saturated carbocycles. The molecule has 0 saturated heterocycles. The fraction of sp³-hybridized carbons (Fsp3) is 0.300. The highest BCUT2D eigenvalue weighted by Gasteiger charge is 2.43. The van der Waals surface area contributed by atoms with E-state index in [-0.39, 0.29) is 19.2 Å². The third kappa shape index (κ3) is 8.14. The van der Waals surface area contributed by atoms with E-state index in [0.717, 1.165) is 33.6 Å². The summed E-state index contributed by atoms with van der Waals surface area (Å²) in [7, 11) is 0. The molecule has 0 atom stereocenters. The van der Waals surface area contributed by atoms with Gasteiger partial charge in [0.25, 0.3) is 0 Å². The molecule has 0 fully saturated rings. The highest BCUT2D eigenvalue weighted by atomic mass is 16.1. The number of hydrogen-bond donors (Lipinski definition) is 0. The SMILES string of the molecule is CC(C)c1cc(C(C)C)c(B2c3ccccc3N(c3ccc4c(c3)C(C)(C)c3cc(N5c6ccccc6B(c6c(C(C)C)cc(C(C)C)cc6C(C)C)c6ccccc65)ccc3C4=O)c3ccccc32)c(C(C)C)c1. The van der Waals surface area contributed by atoms with Gasteiger partial charge in [-0.05, 0) is 163 Å². The zero-order valence-corrected chi connectivity index (χ0v) is 46.9. The molecule has 0 radical (unpaired) electrons. The van der Waals surface area contributed by atoms with Gasteiger partial charge in [0.05, 0.1) is 0 Å². The number of anilines is 6. The Morgan fingerprint density at radius 1 is 0.360 bits per heavy atom. The van der Waals surface area contributed by atoms with Gasteiger partial charge in [-0.1, -0.05) is 205 Å². The Hall–Kier alpha value is -6.84. The van der Waals surface area contributed by atoms with Crippen LogP contribution in [0.25, 0.3) is 0 Å². The summed E-state index contributed by atoms with van der Waals surface area (Å²) in [5, 5.41) is 0. The van der Waals surface area contributed by atoms with Gasteiger partial charge in [-0.25, -0.2) is 0 Å². The van der Waals surface area contributed by atoms with Gasteiger partial charge >= 0.3 is 0 Å². The molecule has 8 aromatic carbocycles. The van der Waals surface area contributed by atoms with E-state index < -0.39 is 5.41 Å². The Bertz CT molecular complexity index is 3170. The Morgan fingerprint density at radius 3 is 0.907 bits per heavy atom. The van der Waals surface area contributed by atoms with Crippen molar-refractivity contribution in [3.8, 4) is 0 Å². The number of benzene rings is 8. The third-order valence-electron chi connectivity index (χ3n) is 17.2. The van der Waals surface area contributed by atoms with E-state index in [1.54, 1.807) is 0 Å². The topological polar surface area (TPSA) is 23.6 Å². The number of carbonyl (C=O) groups is 1. The van der Waals surface area contributed by atoms with Crippen molar-refractivity contribution < 1.29 is 4.79 Å². The number of ketones is 1. The predicted molar refractivity (Wildman–Crippen MR) is 325 cm³/mol. The fourth-order valence-electron chi connectivity index (χ4n) is 13.3. The molecule has 0 spiro atoms. The molecule has 376 valence electrons. The average molecular weight is 981 g/mol. The quantitative estimate of drug-likeness (QED) is 0.128. The lowest BCUT2D eigenvalue weighted by Crippen LogP contribution is -2.59. The second kappa shape index (κ2) is 19.1.